The molecule has 0 bridgehead atoms. The van der Waals surface area contributed by atoms with Crippen LogP contribution >= 0.6 is 0 Å². The van der Waals surface area contributed by atoms with Gasteiger partial charge in [0.05, 0.1) is 0 Å². The fraction of sp³-hybridized carbons (Fsp3) is 0.588. The quantitative estimate of drug-likeness (QED) is 0.602. The van der Waals surface area contributed by atoms with Crippen LogP contribution in [0.5, 0.6) is 11.5 Å². The number of hydrogen-bond acceptors (Lipinski definition) is 3. The number of hydrogen-bond donors (Lipinski definition) is 2. The van der Waals surface area contributed by atoms with Gasteiger partial charge in [-0.2, -0.15) is 0 Å². The van der Waals surface area contributed by atoms with Crippen LogP contribution < -0.4 is 4.74 Å². The van der Waals surface area contributed by atoms with Crippen molar-refractivity contribution in [3.05, 3.63) is 23.3 Å². The third-order valence-corrected chi connectivity index (χ3v) is 4.30. The number of rotatable bonds is 5. The van der Waals surface area contributed by atoms with Crippen molar-refractivity contribution in [3.8, 4) is 11.5 Å². The van der Waals surface area contributed by atoms with Crippen LogP contribution in [0.2, 0.25) is 0 Å². The van der Waals surface area contributed by atoms with Crippen LogP contribution in [-0.2, 0) is 6.42 Å². The molecule has 0 amide bonds. The topological polar surface area (TPSA) is 66.8 Å². The zero-order chi connectivity index (χ0) is 15.2. The van der Waals surface area contributed by atoms with E-state index < -0.39 is 6.16 Å². The zero-order valence-electron chi connectivity index (χ0n) is 12.6. The number of benzene rings is 1. The molecule has 0 radical (unpaired) electrons. The van der Waals surface area contributed by atoms with Crippen LogP contribution in [0.1, 0.15) is 68.9 Å². The molecule has 0 aliphatic heterocycles. The summed E-state index contributed by atoms with van der Waals surface area (Å²) in [5.41, 5.74) is 2.06. The Bertz CT molecular complexity index is 490. The van der Waals surface area contributed by atoms with Crippen molar-refractivity contribution in [2.45, 2.75) is 64.2 Å². The Morgan fingerprint density at radius 2 is 2.00 bits per heavy atom. The number of carbonyl (C=O) groups is 1. The number of phenols is 1. The minimum atomic E-state index is -1.39. The predicted molar refractivity (Wildman–Crippen MR) is 81.2 cm³/mol. The van der Waals surface area contributed by atoms with Crippen molar-refractivity contribution in [2.24, 2.45) is 0 Å². The highest BCUT2D eigenvalue weighted by Gasteiger charge is 2.22. The second kappa shape index (κ2) is 7.34. The highest BCUT2D eigenvalue weighted by molar-refractivity contribution is 5.64. The Morgan fingerprint density at radius 1 is 1.29 bits per heavy atom. The van der Waals surface area contributed by atoms with Gasteiger partial charge in [0, 0.05) is 5.56 Å². The summed E-state index contributed by atoms with van der Waals surface area (Å²) in [4.78, 5) is 10.7. The highest BCUT2D eigenvalue weighted by atomic mass is 16.7. The van der Waals surface area contributed by atoms with Gasteiger partial charge >= 0.3 is 6.16 Å². The molecule has 4 heteroatoms. The van der Waals surface area contributed by atoms with E-state index in [-0.39, 0.29) is 11.5 Å². The summed E-state index contributed by atoms with van der Waals surface area (Å²) in [5, 5.41) is 19.1. The van der Waals surface area contributed by atoms with E-state index in [1.165, 1.54) is 24.8 Å². The third kappa shape index (κ3) is 3.90. The first kappa shape index (κ1) is 15.7. The number of phenolic OH excluding ortho intramolecular Hbond substituents is 1. The van der Waals surface area contributed by atoms with E-state index in [4.69, 9.17) is 5.11 Å². The Balaban J connectivity index is 2.33. The van der Waals surface area contributed by atoms with Gasteiger partial charge in [-0.15, -0.1) is 0 Å². The second-order valence-corrected chi connectivity index (χ2v) is 5.79. The Kier molecular flexibility index (Phi) is 5.48. The largest absolute Gasteiger partial charge is 0.511 e. The zero-order valence-corrected chi connectivity index (χ0v) is 12.6. The molecular formula is C17H24O4. The van der Waals surface area contributed by atoms with Crippen LogP contribution in [0.25, 0.3) is 0 Å². The first-order valence-corrected chi connectivity index (χ1v) is 7.89. The summed E-state index contributed by atoms with van der Waals surface area (Å²) in [6.45, 7) is 2.11. The number of aromatic hydroxyl groups is 1. The Labute approximate surface area is 125 Å². The fourth-order valence-corrected chi connectivity index (χ4v) is 3.22. The summed E-state index contributed by atoms with van der Waals surface area (Å²) < 4.78 is 4.67. The molecule has 116 valence electrons. The first-order valence-electron chi connectivity index (χ1n) is 7.89. The summed E-state index contributed by atoms with van der Waals surface area (Å²) in [6.07, 6.45) is 7.43. The van der Waals surface area contributed by atoms with Gasteiger partial charge in [-0.25, -0.2) is 4.79 Å². The molecule has 1 aliphatic carbocycles. The summed E-state index contributed by atoms with van der Waals surface area (Å²) >= 11 is 0. The Hall–Kier alpha value is -1.71. The molecule has 0 aromatic heterocycles. The van der Waals surface area contributed by atoms with E-state index in [2.05, 4.69) is 11.7 Å². The van der Waals surface area contributed by atoms with E-state index in [0.717, 1.165) is 37.7 Å². The average Bonchev–Trinajstić information content (AvgIpc) is 2.48. The van der Waals surface area contributed by atoms with Crippen molar-refractivity contribution in [2.75, 3.05) is 0 Å². The van der Waals surface area contributed by atoms with Crippen LogP contribution in [0.4, 0.5) is 4.79 Å². The molecule has 1 aliphatic rings. The van der Waals surface area contributed by atoms with Gasteiger partial charge in [0.1, 0.15) is 0 Å². The average molecular weight is 292 g/mol. The van der Waals surface area contributed by atoms with Gasteiger partial charge in [0.15, 0.2) is 11.5 Å². The molecule has 1 aromatic carbocycles. The van der Waals surface area contributed by atoms with Gasteiger partial charge in [-0.1, -0.05) is 38.7 Å². The molecule has 0 spiro atoms. The number of ether oxygens (including phenoxy) is 1. The first-order chi connectivity index (χ1) is 10.1. The van der Waals surface area contributed by atoms with Crippen molar-refractivity contribution in [1.82, 2.24) is 0 Å². The summed E-state index contributed by atoms with van der Waals surface area (Å²) in [7, 11) is 0. The lowest BCUT2D eigenvalue weighted by molar-refractivity contribution is 0.142. The molecular weight excluding hydrogens is 268 g/mol. The normalized spacial score (nSPS) is 15.9. The molecule has 2 N–H and O–H groups in total. The van der Waals surface area contributed by atoms with Crippen molar-refractivity contribution in [3.63, 3.8) is 0 Å². The SMILES string of the molecule is CCCCc1c(C2CCCCC2)ccc(OC(=O)O)c1O. The van der Waals surface area contributed by atoms with Crippen molar-refractivity contribution in [1.29, 1.82) is 0 Å². The fourth-order valence-electron chi connectivity index (χ4n) is 3.22. The van der Waals surface area contributed by atoms with E-state index in [1.807, 2.05) is 6.07 Å². The maximum Gasteiger partial charge on any atom is 0.511 e. The highest BCUT2D eigenvalue weighted by Crippen LogP contribution is 2.41. The lowest BCUT2D eigenvalue weighted by Gasteiger charge is -2.25. The van der Waals surface area contributed by atoms with E-state index in [0.29, 0.717) is 5.92 Å². The molecule has 1 fully saturated rings. The van der Waals surface area contributed by atoms with Crippen molar-refractivity contribution >= 4 is 6.16 Å². The van der Waals surface area contributed by atoms with Gasteiger partial charge in [0.25, 0.3) is 0 Å². The third-order valence-electron chi connectivity index (χ3n) is 4.30. The smallest absolute Gasteiger partial charge is 0.504 e. The van der Waals surface area contributed by atoms with Gasteiger partial charge in [0.2, 0.25) is 0 Å². The summed E-state index contributed by atoms with van der Waals surface area (Å²) in [6, 6.07) is 3.53. The van der Waals surface area contributed by atoms with Crippen LogP contribution in [0, 0.1) is 0 Å². The summed E-state index contributed by atoms with van der Waals surface area (Å²) in [5.74, 6) is 0.539. The molecule has 0 atom stereocenters. The van der Waals surface area contributed by atoms with Gasteiger partial charge in [-0.3, -0.25) is 0 Å². The lowest BCUT2D eigenvalue weighted by atomic mass is 9.81. The molecule has 0 saturated heterocycles. The lowest BCUT2D eigenvalue weighted by Crippen LogP contribution is -2.09. The van der Waals surface area contributed by atoms with Gasteiger partial charge in [-0.05, 0) is 43.2 Å². The van der Waals surface area contributed by atoms with Crippen molar-refractivity contribution < 1.29 is 19.7 Å². The molecule has 0 heterocycles. The molecule has 2 rings (SSSR count). The minimum absolute atomic E-state index is 0.00826. The number of unbranched alkanes of at least 4 members (excludes halogenated alkanes) is 1. The molecule has 1 aromatic rings. The standard InChI is InChI=1S/C17H24O4/c1-2-3-9-14-13(12-7-5-4-6-8-12)10-11-15(16(14)18)21-17(19)20/h10-12,18H,2-9H2,1H3,(H,19,20). The number of carboxylic acid groups (broad SMARTS) is 1. The molecule has 1 saturated carbocycles. The van der Waals surface area contributed by atoms with Crippen LogP contribution in [0.15, 0.2) is 12.1 Å². The second-order valence-electron chi connectivity index (χ2n) is 5.79. The molecule has 4 nitrogen and oxygen atoms in total. The monoisotopic (exact) mass is 292 g/mol. The van der Waals surface area contributed by atoms with E-state index >= 15 is 0 Å². The van der Waals surface area contributed by atoms with E-state index in [1.54, 1.807) is 6.07 Å². The maximum absolute atomic E-state index is 10.7. The van der Waals surface area contributed by atoms with Gasteiger partial charge < -0.3 is 14.9 Å². The Morgan fingerprint density at radius 3 is 2.62 bits per heavy atom. The molecule has 21 heavy (non-hydrogen) atoms. The predicted octanol–water partition coefficient (Wildman–Crippen LogP) is 4.84. The van der Waals surface area contributed by atoms with Crippen LogP contribution in [0.3, 0.4) is 0 Å². The molecule has 0 unspecified atom stereocenters. The van der Waals surface area contributed by atoms with Crippen LogP contribution in [-0.4, -0.2) is 16.4 Å². The minimum Gasteiger partial charge on any atom is -0.504 e. The maximum atomic E-state index is 10.7. The van der Waals surface area contributed by atoms with E-state index in [9.17, 15) is 9.90 Å².